The number of nitrogens with zero attached hydrogens (tertiary/aromatic N) is 1. The highest BCUT2D eigenvalue weighted by Gasteiger charge is 2.12. The molecule has 1 aliphatic carbocycles. The third kappa shape index (κ3) is 4.93. The summed E-state index contributed by atoms with van der Waals surface area (Å²) < 4.78 is 2.37. The molecule has 192 valence electrons. The van der Waals surface area contributed by atoms with Crippen LogP contribution in [0.5, 0.6) is 0 Å². The molecule has 0 unspecified atom stereocenters. The molecule has 5 aromatic rings. The summed E-state index contributed by atoms with van der Waals surface area (Å²) in [5.74, 6) is 0. The van der Waals surface area contributed by atoms with Crippen molar-refractivity contribution >= 4 is 38.5 Å². The second-order valence-corrected chi connectivity index (χ2v) is 10.7. The van der Waals surface area contributed by atoms with Gasteiger partial charge < -0.3 is 4.57 Å². The zero-order valence-electron chi connectivity index (χ0n) is 23.1. The van der Waals surface area contributed by atoms with Crippen molar-refractivity contribution in [2.24, 2.45) is 0 Å². The Morgan fingerprint density at radius 1 is 0.692 bits per heavy atom. The summed E-state index contributed by atoms with van der Waals surface area (Å²) in [4.78, 5) is 0. The van der Waals surface area contributed by atoms with Gasteiger partial charge in [-0.3, -0.25) is 0 Å². The average molecular weight is 506 g/mol. The fourth-order valence-corrected chi connectivity index (χ4v) is 5.77. The Morgan fingerprint density at radius 2 is 1.31 bits per heavy atom. The Kier molecular flexibility index (Phi) is 6.90. The number of allylic oxidation sites excluding steroid dienone is 8. The lowest BCUT2D eigenvalue weighted by Crippen LogP contribution is -1.94. The van der Waals surface area contributed by atoms with E-state index in [0.29, 0.717) is 0 Å². The first-order valence-corrected chi connectivity index (χ1v) is 14.0. The molecule has 0 aliphatic heterocycles. The molecule has 1 aliphatic rings. The van der Waals surface area contributed by atoms with Crippen LogP contribution in [0.3, 0.4) is 0 Å². The quantitative estimate of drug-likeness (QED) is 0.209. The van der Waals surface area contributed by atoms with Crippen LogP contribution in [-0.4, -0.2) is 4.57 Å². The summed E-state index contributed by atoms with van der Waals surface area (Å²) in [7, 11) is 0. The highest BCUT2D eigenvalue weighted by molar-refractivity contribution is 6.09. The van der Waals surface area contributed by atoms with Gasteiger partial charge in [0.1, 0.15) is 0 Å². The normalized spacial score (nSPS) is 13.9. The minimum Gasteiger partial charge on any atom is -0.309 e. The topological polar surface area (TPSA) is 4.93 Å². The van der Waals surface area contributed by atoms with Crippen LogP contribution in [0.25, 0.3) is 44.2 Å². The van der Waals surface area contributed by atoms with E-state index in [1.807, 2.05) is 0 Å². The van der Waals surface area contributed by atoms with Gasteiger partial charge in [0.15, 0.2) is 0 Å². The molecule has 0 spiro atoms. The van der Waals surface area contributed by atoms with Gasteiger partial charge in [0.05, 0.1) is 11.0 Å². The predicted molar refractivity (Wildman–Crippen MR) is 170 cm³/mol. The minimum absolute atomic E-state index is 1.14. The Labute approximate surface area is 232 Å². The molecule has 1 aromatic heterocycles. The second-order valence-electron chi connectivity index (χ2n) is 10.7. The van der Waals surface area contributed by atoms with Crippen LogP contribution in [0.4, 0.5) is 0 Å². The van der Waals surface area contributed by atoms with Crippen LogP contribution in [0.15, 0.2) is 127 Å². The maximum Gasteiger partial charge on any atom is 0.0541 e. The van der Waals surface area contributed by atoms with Crippen molar-refractivity contribution in [1.29, 1.82) is 0 Å². The molecule has 0 bridgehead atoms. The largest absolute Gasteiger partial charge is 0.309 e. The van der Waals surface area contributed by atoms with Crippen molar-refractivity contribution in [3.8, 4) is 5.69 Å². The van der Waals surface area contributed by atoms with Gasteiger partial charge in [-0.1, -0.05) is 103 Å². The van der Waals surface area contributed by atoms with Gasteiger partial charge in [-0.2, -0.15) is 0 Å². The molecule has 4 aromatic carbocycles. The number of rotatable bonds is 5. The van der Waals surface area contributed by atoms with Crippen LogP contribution in [-0.2, 0) is 0 Å². The average Bonchev–Trinajstić information content (AvgIpc) is 3.10. The van der Waals surface area contributed by atoms with Gasteiger partial charge in [-0.15, -0.1) is 0 Å². The molecule has 6 rings (SSSR count). The van der Waals surface area contributed by atoms with E-state index in [1.165, 1.54) is 79.3 Å². The Hall–Kier alpha value is -4.36. The molecular formula is C38H35N. The zero-order chi connectivity index (χ0) is 26.8. The van der Waals surface area contributed by atoms with Crippen LogP contribution >= 0.6 is 0 Å². The highest BCUT2D eigenvalue weighted by Crippen LogP contribution is 2.33. The van der Waals surface area contributed by atoms with Crippen molar-refractivity contribution in [2.45, 2.75) is 40.0 Å². The number of benzene rings is 4. The summed E-state index contributed by atoms with van der Waals surface area (Å²) in [5.41, 5.74) is 12.8. The molecule has 39 heavy (non-hydrogen) atoms. The third-order valence-corrected chi connectivity index (χ3v) is 7.88. The van der Waals surface area contributed by atoms with Gasteiger partial charge in [0.2, 0.25) is 0 Å². The molecular weight excluding hydrogens is 470 g/mol. The van der Waals surface area contributed by atoms with Crippen LogP contribution < -0.4 is 0 Å². The van der Waals surface area contributed by atoms with Crippen molar-refractivity contribution in [3.63, 3.8) is 0 Å². The molecule has 1 heteroatoms. The number of aromatic nitrogens is 1. The number of hydrogen-bond acceptors (Lipinski definition) is 0. The van der Waals surface area contributed by atoms with E-state index in [4.69, 9.17) is 0 Å². The van der Waals surface area contributed by atoms with Gasteiger partial charge in [-0.05, 0) is 97.7 Å². The monoisotopic (exact) mass is 505 g/mol. The van der Waals surface area contributed by atoms with Crippen LogP contribution in [0, 0.1) is 0 Å². The highest BCUT2D eigenvalue weighted by atomic mass is 15.0. The van der Waals surface area contributed by atoms with Crippen LogP contribution in [0.2, 0.25) is 0 Å². The van der Waals surface area contributed by atoms with Crippen molar-refractivity contribution in [2.75, 3.05) is 0 Å². The molecule has 0 saturated heterocycles. The summed E-state index contributed by atoms with van der Waals surface area (Å²) in [6.45, 7) is 6.63. The third-order valence-electron chi connectivity index (χ3n) is 7.88. The molecule has 0 radical (unpaired) electrons. The predicted octanol–water partition coefficient (Wildman–Crippen LogP) is 10.8. The zero-order valence-corrected chi connectivity index (χ0v) is 23.1. The number of fused-ring (bicyclic) bond motifs is 3. The molecule has 1 heterocycles. The van der Waals surface area contributed by atoms with E-state index in [9.17, 15) is 0 Å². The second kappa shape index (κ2) is 10.8. The van der Waals surface area contributed by atoms with E-state index in [-0.39, 0.29) is 0 Å². The molecule has 0 N–H and O–H groups in total. The maximum absolute atomic E-state index is 2.37. The van der Waals surface area contributed by atoms with E-state index < -0.39 is 0 Å². The summed E-state index contributed by atoms with van der Waals surface area (Å²) in [6.07, 6.45) is 12.6. The molecule has 0 atom stereocenters. The maximum atomic E-state index is 2.37. The summed E-state index contributed by atoms with van der Waals surface area (Å²) >= 11 is 0. The number of hydrogen-bond donors (Lipinski definition) is 0. The van der Waals surface area contributed by atoms with Gasteiger partial charge in [0, 0.05) is 16.5 Å². The van der Waals surface area contributed by atoms with Crippen molar-refractivity contribution < 1.29 is 0 Å². The van der Waals surface area contributed by atoms with E-state index in [2.05, 4.69) is 147 Å². The first kappa shape index (κ1) is 24.9. The van der Waals surface area contributed by atoms with Gasteiger partial charge >= 0.3 is 0 Å². The number of para-hydroxylation sites is 2. The first-order valence-electron chi connectivity index (χ1n) is 14.0. The summed E-state index contributed by atoms with van der Waals surface area (Å²) in [5, 5.41) is 2.58. The Bertz CT molecular complexity index is 1710. The Morgan fingerprint density at radius 3 is 1.95 bits per heavy atom. The fourth-order valence-electron chi connectivity index (χ4n) is 5.77. The first-order chi connectivity index (χ1) is 19.1. The Balaban J connectivity index is 1.31. The fraction of sp³-hybridized carbons (Fsp3) is 0.158. The lowest BCUT2D eigenvalue weighted by atomic mass is 9.94. The van der Waals surface area contributed by atoms with Crippen molar-refractivity contribution in [1.82, 2.24) is 4.57 Å². The van der Waals surface area contributed by atoms with E-state index >= 15 is 0 Å². The molecule has 0 saturated carbocycles. The standard InChI is InChI=1S/C38H35N/c1-27(2)36(32-20-18-31(19-21-32)30-12-6-4-5-7-13-30)26-28(3)29-22-24-33(25-23-29)39-37-16-10-8-14-34(37)35-15-9-11-17-38(35)39/h4,6,8-12,14-26H,5,7,13H2,1-3H3/b28-26+. The smallest absolute Gasteiger partial charge is 0.0541 e. The molecule has 1 nitrogen and oxygen atoms in total. The van der Waals surface area contributed by atoms with Gasteiger partial charge in [0.25, 0.3) is 0 Å². The van der Waals surface area contributed by atoms with E-state index in [1.54, 1.807) is 0 Å². The van der Waals surface area contributed by atoms with Gasteiger partial charge in [-0.25, -0.2) is 0 Å². The molecule has 0 fully saturated rings. The molecule has 0 amide bonds. The van der Waals surface area contributed by atoms with Crippen molar-refractivity contribution in [3.05, 3.63) is 144 Å². The summed E-state index contributed by atoms with van der Waals surface area (Å²) in [6, 6.07) is 35.5. The van der Waals surface area contributed by atoms with Crippen LogP contribution in [0.1, 0.15) is 56.7 Å². The van der Waals surface area contributed by atoms with E-state index in [0.717, 1.165) is 6.42 Å². The SMILES string of the molecule is CC(C)=C(/C=C(\C)c1ccc(-n2c3ccccc3c3ccccc32)cc1)c1ccc(C2=CC=CCCC2)cc1. The lowest BCUT2D eigenvalue weighted by Gasteiger charge is -2.12. The minimum atomic E-state index is 1.14. The lowest BCUT2D eigenvalue weighted by molar-refractivity contribution is 0.886.